The van der Waals surface area contributed by atoms with Gasteiger partial charge in [0.05, 0.1) is 12.5 Å². The Hall–Kier alpha value is -1.30. The number of piperidine rings is 2. The Morgan fingerprint density at radius 2 is 1.92 bits per heavy atom. The van der Waals surface area contributed by atoms with Crippen molar-refractivity contribution in [3.8, 4) is 0 Å². The van der Waals surface area contributed by atoms with E-state index in [4.69, 9.17) is 4.74 Å². The van der Waals surface area contributed by atoms with Crippen LogP contribution in [0.3, 0.4) is 0 Å². The van der Waals surface area contributed by atoms with Crippen LogP contribution in [0.5, 0.6) is 0 Å². The number of nitrogens with one attached hydrogen (secondary N) is 1. The predicted molar refractivity (Wildman–Crippen MR) is 93.8 cm³/mol. The standard InChI is InChI=1S/C18H33N3O3/c1-4-24-17(22)16-7-10-21(11-8-16)18(23)19-15(3)13-20-9-5-6-14(2)12-20/h14-16H,4-13H2,1-3H3,(H,19,23). The van der Waals surface area contributed by atoms with Crippen LogP contribution in [-0.2, 0) is 9.53 Å². The average Bonchev–Trinajstić information content (AvgIpc) is 2.55. The van der Waals surface area contributed by atoms with E-state index in [1.165, 1.54) is 12.8 Å². The summed E-state index contributed by atoms with van der Waals surface area (Å²) in [7, 11) is 0. The van der Waals surface area contributed by atoms with E-state index in [0.29, 0.717) is 32.5 Å². The highest BCUT2D eigenvalue weighted by atomic mass is 16.5. The van der Waals surface area contributed by atoms with E-state index < -0.39 is 0 Å². The van der Waals surface area contributed by atoms with Crippen LogP contribution < -0.4 is 5.32 Å². The third-order valence-corrected chi connectivity index (χ3v) is 5.05. The highest BCUT2D eigenvalue weighted by Gasteiger charge is 2.29. The van der Waals surface area contributed by atoms with Crippen molar-refractivity contribution in [1.82, 2.24) is 15.1 Å². The highest BCUT2D eigenvalue weighted by Crippen LogP contribution is 2.19. The van der Waals surface area contributed by atoms with Crippen LogP contribution in [0.2, 0.25) is 0 Å². The van der Waals surface area contributed by atoms with Gasteiger partial charge in [0.15, 0.2) is 0 Å². The Bertz CT molecular complexity index is 422. The number of nitrogens with zero attached hydrogens (tertiary/aromatic N) is 2. The van der Waals surface area contributed by atoms with Crippen LogP contribution in [0.4, 0.5) is 4.79 Å². The molecule has 0 aliphatic carbocycles. The zero-order valence-corrected chi connectivity index (χ0v) is 15.4. The molecule has 2 rings (SSSR count). The van der Waals surface area contributed by atoms with Gasteiger partial charge in [0.25, 0.3) is 0 Å². The lowest BCUT2D eigenvalue weighted by molar-refractivity contribution is -0.149. The van der Waals surface area contributed by atoms with Crippen molar-refractivity contribution in [3.05, 3.63) is 0 Å². The number of carbonyl (C=O) groups is 2. The molecule has 0 radical (unpaired) electrons. The number of carbonyl (C=O) groups excluding carboxylic acids is 2. The number of rotatable bonds is 5. The summed E-state index contributed by atoms with van der Waals surface area (Å²) in [5.41, 5.74) is 0. The number of urea groups is 1. The van der Waals surface area contributed by atoms with Crippen molar-refractivity contribution in [2.45, 2.75) is 52.5 Å². The van der Waals surface area contributed by atoms with Crippen LogP contribution >= 0.6 is 0 Å². The molecule has 2 heterocycles. The molecule has 138 valence electrons. The monoisotopic (exact) mass is 339 g/mol. The molecular weight excluding hydrogens is 306 g/mol. The lowest BCUT2D eigenvalue weighted by Crippen LogP contribution is -2.51. The molecule has 24 heavy (non-hydrogen) atoms. The first-order chi connectivity index (χ1) is 11.5. The van der Waals surface area contributed by atoms with Crippen molar-refractivity contribution >= 4 is 12.0 Å². The smallest absolute Gasteiger partial charge is 0.317 e. The van der Waals surface area contributed by atoms with Crippen LogP contribution in [0.25, 0.3) is 0 Å². The molecule has 2 aliphatic heterocycles. The van der Waals surface area contributed by atoms with Gasteiger partial charge >= 0.3 is 12.0 Å². The predicted octanol–water partition coefficient (Wildman–Crippen LogP) is 2.09. The molecule has 1 N–H and O–H groups in total. The minimum absolute atomic E-state index is 0.00475. The molecule has 2 fully saturated rings. The highest BCUT2D eigenvalue weighted by molar-refractivity contribution is 5.76. The lowest BCUT2D eigenvalue weighted by atomic mass is 9.97. The van der Waals surface area contributed by atoms with Gasteiger partial charge in [0.2, 0.25) is 0 Å². The number of esters is 1. The normalized spacial score (nSPS) is 24.5. The summed E-state index contributed by atoms with van der Waals surface area (Å²) in [4.78, 5) is 28.4. The van der Waals surface area contributed by atoms with Crippen molar-refractivity contribution in [3.63, 3.8) is 0 Å². The summed E-state index contributed by atoms with van der Waals surface area (Å²) in [6.07, 6.45) is 3.96. The van der Waals surface area contributed by atoms with Crippen LogP contribution in [0, 0.1) is 11.8 Å². The van der Waals surface area contributed by atoms with E-state index in [2.05, 4.69) is 24.1 Å². The van der Waals surface area contributed by atoms with Crippen molar-refractivity contribution in [2.24, 2.45) is 11.8 Å². The lowest BCUT2D eigenvalue weighted by Gasteiger charge is -2.35. The molecule has 2 amide bonds. The van der Waals surface area contributed by atoms with Gasteiger partial charge in [-0.2, -0.15) is 0 Å². The molecule has 2 unspecified atom stereocenters. The van der Waals surface area contributed by atoms with Gasteiger partial charge in [0, 0.05) is 32.2 Å². The second kappa shape index (κ2) is 9.25. The number of hydrogen-bond acceptors (Lipinski definition) is 4. The summed E-state index contributed by atoms with van der Waals surface area (Å²) >= 11 is 0. The fraction of sp³-hybridized carbons (Fsp3) is 0.889. The van der Waals surface area contributed by atoms with Gasteiger partial charge in [-0.15, -0.1) is 0 Å². The molecule has 2 saturated heterocycles. The third-order valence-electron chi connectivity index (χ3n) is 5.05. The average molecular weight is 339 g/mol. The van der Waals surface area contributed by atoms with E-state index >= 15 is 0 Å². The van der Waals surface area contributed by atoms with Gasteiger partial charge in [0.1, 0.15) is 0 Å². The zero-order chi connectivity index (χ0) is 17.5. The third kappa shape index (κ3) is 5.65. The van der Waals surface area contributed by atoms with E-state index in [9.17, 15) is 9.59 Å². The molecular formula is C18H33N3O3. The van der Waals surface area contributed by atoms with E-state index in [1.807, 2.05) is 11.8 Å². The van der Waals surface area contributed by atoms with Gasteiger partial charge in [-0.05, 0) is 52.0 Å². The molecule has 0 aromatic heterocycles. The molecule has 2 atom stereocenters. The van der Waals surface area contributed by atoms with E-state index in [1.54, 1.807) is 0 Å². The molecule has 6 nitrogen and oxygen atoms in total. The number of amides is 2. The Labute approximate surface area is 145 Å². The fourth-order valence-electron chi connectivity index (χ4n) is 3.77. The molecule has 2 aliphatic rings. The molecule has 6 heteroatoms. The van der Waals surface area contributed by atoms with Crippen molar-refractivity contribution < 1.29 is 14.3 Å². The molecule has 0 aromatic carbocycles. The van der Waals surface area contributed by atoms with Crippen molar-refractivity contribution in [2.75, 3.05) is 39.3 Å². The number of hydrogen-bond donors (Lipinski definition) is 1. The first-order valence-corrected chi connectivity index (χ1v) is 9.44. The molecule has 0 bridgehead atoms. The van der Waals surface area contributed by atoms with Crippen LogP contribution in [0.15, 0.2) is 0 Å². The minimum atomic E-state index is -0.120. The Kier molecular flexibility index (Phi) is 7.34. The summed E-state index contributed by atoms with van der Waals surface area (Å²) in [5.74, 6) is 0.579. The van der Waals surface area contributed by atoms with Gasteiger partial charge in [-0.1, -0.05) is 6.92 Å². The van der Waals surface area contributed by atoms with E-state index in [0.717, 1.165) is 25.6 Å². The van der Waals surface area contributed by atoms with E-state index in [-0.39, 0.29) is 24.0 Å². The number of ether oxygens (including phenoxy) is 1. The number of likely N-dealkylation sites (tertiary alicyclic amines) is 2. The van der Waals surface area contributed by atoms with Crippen LogP contribution in [-0.4, -0.2) is 67.2 Å². The maximum absolute atomic E-state index is 12.4. The SMILES string of the molecule is CCOC(=O)C1CCN(C(=O)NC(C)CN2CCCC(C)C2)CC1. The molecule has 0 saturated carbocycles. The Morgan fingerprint density at radius 3 is 2.54 bits per heavy atom. The maximum Gasteiger partial charge on any atom is 0.317 e. The summed E-state index contributed by atoms with van der Waals surface area (Å²) < 4.78 is 5.07. The Morgan fingerprint density at radius 1 is 1.21 bits per heavy atom. The first-order valence-electron chi connectivity index (χ1n) is 9.44. The molecule has 0 aromatic rings. The van der Waals surface area contributed by atoms with Gasteiger partial charge < -0.3 is 19.9 Å². The Balaban J connectivity index is 1.70. The second-order valence-corrected chi connectivity index (χ2v) is 7.37. The first kappa shape index (κ1) is 19.0. The largest absolute Gasteiger partial charge is 0.466 e. The van der Waals surface area contributed by atoms with Gasteiger partial charge in [-0.25, -0.2) is 4.79 Å². The summed E-state index contributed by atoms with van der Waals surface area (Å²) in [5, 5.41) is 3.11. The topological polar surface area (TPSA) is 61.9 Å². The maximum atomic E-state index is 12.4. The summed E-state index contributed by atoms with van der Waals surface area (Å²) in [6, 6.07) is 0.139. The zero-order valence-electron chi connectivity index (χ0n) is 15.4. The van der Waals surface area contributed by atoms with Gasteiger partial charge in [-0.3, -0.25) is 4.79 Å². The quantitative estimate of drug-likeness (QED) is 0.779. The minimum Gasteiger partial charge on any atom is -0.466 e. The fourth-order valence-corrected chi connectivity index (χ4v) is 3.77. The second-order valence-electron chi connectivity index (χ2n) is 7.37. The van der Waals surface area contributed by atoms with Crippen molar-refractivity contribution in [1.29, 1.82) is 0 Å². The molecule has 0 spiro atoms. The van der Waals surface area contributed by atoms with Crippen LogP contribution in [0.1, 0.15) is 46.5 Å². The summed E-state index contributed by atoms with van der Waals surface area (Å²) in [6.45, 7) is 11.0.